The number of nitrogens with zero attached hydrogens (tertiary/aromatic N) is 4. The third-order valence-electron chi connectivity index (χ3n) is 5.92. The van der Waals surface area contributed by atoms with Crippen LogP contribution in [0.5, 0.6) is 0 Å². The second kappa shape index (κ2) is 9.42. The third kappa shape index (κ3) is 4.59. The Kier molecular flexibility index (Phi) is 6.42. The summed E-state index contributed by atoms with van der Waals surface area (Å²) in [7, 11) is 5.77. The van der Waals surface area contributed by atoms with Crippen LogP contribution in [0.4, 0.5) is 5.69 Å². The van der Waals surface area contributed by atoms with E-state index in [2.05, 4.69) is 40.3 Å². The van der Waals surface area contributed by atoms with Crippen molar-refractivity contribution < 1.29 is 4.79 Å². The highest BCUT2D eigenvalue weighted by Gasteiger charge is 2.17. The van der Waals surface area contributed by atoms with Gasteiger partial charge in [0.05, 0.1) is 5.56 Å². The van der Waals surface area contributed by atoms with E-state index < -0.39 is 0 Å². The molecule has 0 saturated carbocycles. The Labute approximate surface area is 194 Å². The van der Waals surface area contributed by atoms with Gasteiger partial charge in [0.2, 0.25) is 0 Å². The second-order valence-electron chi connectivity index (χ2n) is 8.54. The Hall–Kier alpha value is -3.71. The number of H-pyrrole nitrogens is 1. The number of anilines is 1. The molecule has 1 amide bonds. The normalized spacial score (nSPS) is 11.3. The number of benzene rings is 2. The number of hydrogen-bond acceptors (Lipinski definition) is 5. The van der Waals surface area contributed by atoms with Crippen LogP contribution >= 0.6 is 0 Å². The number of nitrogens with two attached hydrogens (primary N) is 1. The smallest absolute Gasteiger partial charge is 0.255 e. The van der Waals surface area contributed by atoms with Gasteiger partial charge in [-0.25, -0.2) is 4.98 Å². The van der Waals surface area contributed by atoms with Crippen LogP contribution in [0, 0.1) is 0 Å². The van der Waals surface area contributed by atoms with Crippen LogP contribution < -0.4 is 5.73 Å². The number of carbonyl (C=O) groups excluding carboxylic acids is 1. The lowest BCUT2D eigenvalue weighted by Crippen LogP contribution is -2.33. The van der Waals surface area contributed by atoms with Crippen LogP contribution in [0.25, 0.3) is 33.4 Å². The molecule has 0 aliphatic carbocycles. The van der Waals surface area contributed by atoms with Gasteiger partial charge in [0, 0.05) is 48.5 Å². The first kappa shape index (κ1) is 22.5. The third-order valence-corrected chi connectivity index (χ3v) is 5.92. The molecule has 0 atom stereocenters. The molecule has 0 unspecified atom stereocenters. The predicted molar refractivity (Wildman–Crippen MR) is 134 cm³/mol. The summed E-state index contributed by atoms with van der Waals surface area (Å²) < 4.78 is 0. The van der Waals surface area contributed by atoms with E-state index in [0.717, 1.165) is 46.4 Å². The highest BCUT2D eigenvalue weighted by Crippen LogP contribution is 2.32. The molecular weight excluding hydrogens is 412 g/mol. The molecule has 4 rings (SSSR count). The molecule has 170 valence electrons. The highest BCUT2D eigenvalue weighted by atomic mass is 16.2. The molecule has 2 aromatic heterocycles. The van der Waals surface area contributed by atoms with Crippen molar-refractivity contribution in [1.29, 1.82) is 0 Å². The van der Waals surface area contributed by atoms with Crippen LogP contribution in [0.3, 0.4) is 0 Å². The average Bonchev–Trinajstić information content (AvgIpc) is 3.25. The molecule has 3 N–H and O–H groups in total. The first-order valence-corrected chi connectivity index (χ1v) is 11.1. The van der Waals surface area contributed by atoms with Crippen LogP contribution in [-0.4, -0.2) is 65.1 Å². The molecule has 7 heteroatoms. The Balaban J connectivity index is 1.72. The molecule has 0 saturated heterocycles. The maximum Gasteiger partial charge on any atom is 0.255 e. The first-order valence-electron chi connectivity index (χ1n) is 11.1. The van der Waals surface area contributed by atoms with Gasteiger partial charge < -0.3 is 15.5 Å². The summed E-state index contributed by atoms with van der Waals surface area (Å²) in [6, 6.07) is 15.9. The van der Waals surface area contributed by atoms with Crippen LogP contribution in [0.1, 0.15) is 22.8 Å². The van der Waals surface area contributed by atoms with Crippen molar-refractivity contribution >= 4 is 22.6 Å². The van der Waals surface area contributed by atoms with Crippen LogP contribution in [0.2, 0.25) is 0 Å². The monoisotopic (exact) mass is 442 g/mol. The van der Waals surface area contributed by atoms with E-state index in [1.807, 2.05) is 43.3 Å². The van der Waals surface area contributed by atoms with Gasteiger partial charge in [-0.2, -0.15) is 5.10 Å². The number of nitrogen functional groups attached to an aromatic ring is 1. The van der Waals surface area contributed by atoms with E-state index in [0.29, 0.717) is 17.8 Å². The fourth-order valence-corrected chi connectivity index (χ4v) is 3.90. The summed E-state index contributed by atoms with van der Waals surface area (Å²) in [6.45, 7) is 3.54. The number of aromatic nitrogens is 3. The zero-order valence-corrected chi connectivity index (χ0v) is 19.6. The molecule has 0 fully saturated rings. The number of rotatable bonds is 7. The van der Waals surface area contributed by atoms with Crippen molar-refractivity contribution in [3.63, 3.8) is 0 Å². The largest absolute Gasteiger partial charge is 0.398 e. The van der Waals surface area contributed by atoms with Crippen molar-refractivity contribution in [2.45, 2.75) is 13.3 Å². The molecular formula is C26H30N6O. The van der Waals surface area contributed by atoms with Crippen molar-refractivity contribution in [3.05, 3.63) is 65.9 Å². The predicted octanol–water partition coefficient (Wildman–Crippen LogP) is 4.07. The van der Waals surface area contributed by atoms with E-state index in [1.165, 1.54) is 5.56 Å². The zero-order valence-electron chi connectivity index (χ0n) is 19.6. The minimum absolute atomic E-state index is 0.0916. The molecule has 7 nitrogen and oxygen atoms in total. The summed E-state index contributed by atoms with van der Waals surface area (Å²) in [5.74, 6) is -0.0916. The maximum absolute atomic E-state index is 13.0. The molecule has 2 aromatic carbocycles. The summed E-state index contributed by atoms with van der Waals surface area (Å²) in [5, 5.41) is 8.55. The molecule has 0 bridgehead atoms. The minimum atomic E-state index is -0.0916. The van der Waals surface area contributed by atoms with Crippen LogP contribution in [0.15, 0.2) is 54.7 Å². The lowest BCUT2D eigenvalue weighted by Gasteiger charge is -2.20. The quantitative estimate of drug-likeness (QED) is 0.421. The number of hydrogen-bond donors (Lipinski definition) is 2. The number of pyridine rings is 1. The topological polar surface area (TPSA) is 91.1 Å². The molecule has 0 radical (unpaired) electrons. The number of carbonyl (C=O) groups is 1. The van der Waals surface area contributed by atoms with Crippen molar-refractivity contribution in [2.24, 2.45) is 0 Å². The summed E-state index contributed by atoms with van der Waals surface area (Å²) >= 11 is 0. The Morgan fingerprint density at radius 3 is 2.58 bits per heavy atom. The van der Waals surface area contributed by atoms with Crippen molar-refractivity contribution in [3.8, 4) is 22.4 Å². The summed E-state index contributed by atoms with van der Waals surface area (Å²) in [6.07, 6.45) is 2.72. The Morgan fingerprint density at radius 1 is 1.03 bits per heavy atom. The maximum atomic E-state index is 13.0. The van der Waals surface area contributed by atoms with Gasteiger partial charge in [-0.05, 0) is 49.8 Å². The molecule has 0 aliphatic heterocycles. The van der Waals surface area contributed by atoms with Crippen LogP contribution in [-0.2, 0) is 6.42 Å². The lowest BCUT2D eigenvalue weighted by atomic mass is 9.98. The van der Waals surface area contributed by atoms with E-state index in [4.69, 9.17) is 5.73 Å². The van der Waals surface area contributed by atoms with Gasteiger partial charge in [-0.1, -0.05) is 37.3 Å². The van der Waals surface area contributed by atoms with E-state index in [1.54, 1.807) is 24.2 Å². The number of aromatic amines is 1. The van der Waals surface area contributed by atoms with Gasteiger partial charge in [-0.3, -0.25) is 9.89 Å². The molecule has 4 aromatic rings. The highest BCUT2D eigenvalue weighted by molar-refractivity contribution is 6.01. The SMILES string of the molecule is CCc1ccccc1-c1n[nH]c2ncc(-c3ccc(N)c(C(=O)N(C)CCN(C)C)c3)cc12. The molecule has 0 spiro atoms. The fraction of sp³-hybridized carbons (Fsp3) is 0.269. The summed E-state index contributed by atoms with van der Waals surface area (Å²) in [5.41, 5.74) is 12.9. The van der Waals surface area contributed by atoms with Gasteiger partial charge in [0.1, 0.15) is 5.69 Å². The lowest BCUT2D eigenvalue weighted by molar-refractivity contribution is 0.0787. The van der Waals surface area contributed by atoms with E-state index in [9.17, 15) is 4.79 Å². The minimum Gasteiger partial charge on any atom is -0.398 e. The number of fused-ring (bicyclic) bond motifs is 1. The number of amides is 1. The zero-order chi connectivity index (χ0) is 23.5. The molecule has 0 aliphatic rings. The Morgan fingerprint density at radius 2 is 1.82 bits per heavy atom. The number of likely N-dealkylation sites (N-methyl/N-ethyl adjacent to an activating group) is 2. The van der Waals surface area contributed by atoms with Gasteiger partial charge >= 0.3 is 0 Å². The van der Waals surface area contributed by atoms with Crippen molar-refractivity contribution in [1.82, 2.24) is 25.0 Å². The molecule has 2 heterocycles. The van der Waals surface area contributed by atoms with Gasteiger partial charge in [-0.15, -0.1) is 0 Å². The van der Waals surface area contributed by atoms with Gasteiger partial charge in [0.25, 0.3) is 5.91 Å². The standard InChI is InChI=1S/C26H30N6O/c1-5-17-8-6-7-9-20(17)24-22-15-19(16-28-25(22)30-29-24)18-10-11-23(27)21(14-18)26(33)32(4)13-12-31(2)3/h6-11,14-16H,5,12-13,27H2,1-4H3,(H,28,29,30). The van der Waals surface area contributed by atoms with E-state index in [-0.39, 0.29) is 5.91 Å². The van der Waals surface area contributed by atoms with E-state index >= 15 is 0 Å². The molecule has 33 heavy (non-hydrogen) atoms. The first-order chi connectivity index (χ1) is 15.9. The number of nitrogens with one attached hydrogen (secondary N) is 1. The Bertz CT molecular complexity index is 1290. The fourth-order valence-electron chi connectivity index (χ4n) is 3.90. The van der Waals surface area contributed by atoms with Gasteiger partial charge in [0.15, 0.2) is 5.65 Å². The number of aryl methyl sites for hydroxylation is 1. The van der Waals surface area contributed by atoms with Crippen molar-refractivity contribution in [2.75, 3.05) is 40.0 Å². The second-order valence-corrected chi connectivity index (χ2v) is 8.54. The average molecular weight is 443 g/mol. The summed E-state index contributed by atoms with van der Waals surface area (Å²) in [4.78, 5) is 21.4.